The van der Waals surface area contributed by atoms with E-state index >= 15 is 0 Å². The molecule has 1 aromatic heterocycles. The first-order valence-electron chi connectivity index (χ1n) is 10.0. The molecule has 11 heteroatoms. The number of pyridine rings is 1. The van der Waals surface area contributed by atoms with E-state index in [1.165, 1.54) is 12.1 Å². The van der Waals surface area contributed by atoms with Gasteiger partial charge in [0.15, 0.2) is 9.84 Å². The van der Waals surface area contributed by atoms with Gasteiger partial charge in [0.25, 0.3) is 11.9 Å². The number of benzodiazepines with no additional fused rings is 1. The average Bonchev–Trinajstić information content (AvgIpc) is 2.95. The topological polar surface area (TPSA) is 160 Å². The van der Waals surface area contributed by atoms with Gasteiger partial charge in [-0.05, 0) is 18.2 Å². The third-order valence-electron chi connectivity index (χ3n) is 4.83. The normalized spacial score (nSPS) is 16.0. The van der Waals surface area contributed by atoms with Crippen molar-refractivity contribution in [3.05, 3.63) is 89.7 Å². The number of carbonyl (C=O) groups is 1. The van der Waals surface area contributed by atoms with E-state index in [1.54, 1.807) is 12.1 Å². The highest BCUT2D eigenvalue weighted by molar-refractivity contribution is 7.90. The summed E-state index contributed by atoms with van der Waals surface area (Å²) in [6.07, 6.45) is 0.898. The molecule has 34 heavy (non-hydrogen) atoms. The summed E-state index contributed by atoms with van der Waals surface area (Å²) in [6.45, 7) is 0. The van der Waals surface area contributed by atoms with Crippen molar-refractivity contribution in [2.45, 2.75) is 11.1 Å². The number of para-hydroxylation sites is 1. The first-order valence-corrected chi connectivity index (χ1v) is 11.9. The SMILES string of the molecule is CS(=O)(=O)c1ccc(C(=N)O/C(N)=N/C2N=C(c3ccccc3)c3ccccc3NC2=O)nc1. The fourth-order valence-corrected chi connectivity index (χ4v) is 3.76. The molecule has 10 nitrogen and oxygen atoms in total. The largest absolute Gasteiger partial charge is 0.405 e. The molecule has 172 valence electrons. The smallest absolute Gasteiger partial charge is 0.291 e. The molecular weight excluding hydrogens is 456 g/mol. The second-order valence-electron chi connectivity index (χ2n) is 7.30. The number of amides is 1. The van der Waals surface area contributed by atoms with Gasteiger partial charge in [-0.25, -0.2) is 18.4 Å². The molecule has 0 spiro atoms. The van der Waals surface area contributed by atoms with Crippen molar-refractivity contribution in [2.75, 3.05) is 11.6 Å². The third-order valence-corrected chi connectivity index (χ3v) is 5.92. The van der Waals surface area contributed by atoms with Crippen LogP contribution in [0.4, 0.5) is 5.69 Å². The summed E-state index contributed by atoms with van der Waals surface area (Å²) in [5.41, 5.74) is 8.53. The van der Waals surface area contributed by atoms with Crippen molar-refractivity contribution in [1.29, 1.82) is 5.41 Å². The maximum atomic E-state index is 12.8. The lowest BCUT2D eigenvalue weighted by molar-refractivity contribution is -0.117. The first-order chi connectivity index (χ1) is 16.2. The van der Waals surface area contributed by atoms with Crippen LogP contribution >= 0.6 is 0 Å². The number of fused-ring (bicyclic) bond motifs is 1. The number of nitrogens with two attached hydrogens (primary N) is 1. The number of hydrogen-bond acceptors (Lipinski definition) is 8. The lowest BCUT2D eigenvalue weighted by Gasteiger charge is -2.10. The van der Waals surface area contributed by atoms with Crippen molar-refractivity contribution in [1.82, 2.24) is 4.98 Å². The van der Waals surface area contributed by atoms with Gasteiger partial charge in [0.05, 0.1) is 16.3 Å². The molecule has 1 aliphatic rings. The van der Waals surface area contributed by atoms with Crippen LogP contribution in [0.3, 0.4) is 0 Å². The number of aliphatic imine (C=N–C) groups is 2. The zero-order valence-corrected chi connectivity index (χ0v) is 18.8. The summed E-state index contributed by atoms with van der Waals surface area (Å²) in [5, 5.41) is 10.8. The van der Waals surface area contributed by atoms with Gasteiger partial charge in [0.1, 0.15) is 5.69 Å². The van der Waals surface area contributed by atoms with Crippen LogP contribution < -0.4 is 11.1 Å². The minimum atomic E-state index is -3.43. The Balaban J connectivity index is 1.62. The van der Waals surface area contributed by atoms with Crippen LogP contribution in [-0.4, -0.2) is 49.4 Å². The summed E-state index contributed by atoms with van der Waals surface area (Å²) in [7, 11) is -3.43. The highest BCUT2D eigenvalue weighted by atomic mass is 32.2. The van der Waals surface area contributed by atoms with Gasteiger partial charge in [-0.15, -0.1) is 0 Å². The van der Waals surface area contributed by atoms with E-state index in [0.29, 0.717) is 11.4 Å². The van der Waals surface area contributed by atoms with E-state index in [9.17, 15) is 13.2 Å². The van der Waals surface area contributed by atoms with Crippen LogP contribution in [0.1, 0.15) is 16.8 Å². The molecule has 0 saturated heterocycles. The van der Waals surface area contributed by atoms with E-state index in [2.05, 4.69) is 20.3 Å². The second-order valence-corrected chi connectivity index (χ2v) is 9.32. The molecule has 1 atom stereocenters. The Morgan fingerprint density at radius 2 is 1.79 bits per heavy atom. The van der Waals surface area contributed by atoms with E-state index in [0.717, 1.165) is 23.6 Å². The number of carbonyl (C=O) groups excluding carboxylic acids is 1. The Morgan fingerprint density at radius 3 is 2.47 bits per heavy atom. The predicted octanol–water partition coefficient (Wildman–Crippen LogP) is 1.96. The summed E-state index contributed by atoms with van der Waals surface area (Å²) in [4.78, 5) is 25.3. The van der Waals surface area contributed by atoms with Crippen LogP contribution in [0.2, 0.25) is 0 Å². The van der Waals surface area contributed by atoms with E-state index in [4.69, 9.17) is 15.9 Å². The van der Waals surface area contributed by atoms with E-state index in [1.807, 2.05) is 42.5 Å². The standard InChI is InChI=1S/C23H20N6O4S/c1-34(31,32)15-11-12-18(26-13-15)20(24)33-23(25)29-21-22(30)27-17-10-6-5-9-16(17)19(28-21)14-7-3-2-4-8-14/h2-13,21,24H,1H3,(H2,25,29)(H,27,30). The Labute approximate surface area is 195 Å². The molecule has 4 rings (SSSR count). The number of hydrogen-bond donors (Lipinski definition) is 3. The molecule has 2 heterocycles. The monoisotopic (exact) mass is 476 g/mol. The molecule has 1 aliphatic heterocycles. The predicted molar refractivity (Wildman–Crippen MR) is 128 cm³/mol. The highest BCUT2D eigenvalue weighted by Crippen LogP contribution is 2.24. The maximum Gasteiger partial charge on any atom is 0.291 e. The molecule has 1 unspecified atom stereocenters. The second kappa shape index (κ2) is 9.24. The number of aromatic nitrogens is 1. The lowest BCUT2D eigenvalue weighted by Crippen LogP contribution is -2.29. The van der Waals surface area contributed by atoms with Crippen LogP contribution in [-0.2, 0) is 19.4 Å². The zero-order chi connectivity index (χ0) is 24.3. The molecule has 3 aromatic rings. The van der Waals surface area contributed by atoms with Gasteiger partial charge in [-0.1, -0.05) is 48.5 Å². The number of sulfone groups is 1. The number of rotatable bonds is 4. The van der Waals surface area contributed by atoms with Gasteiger partial charge in [-0.3, -0.25) is 10.2 Å². The fraction of sp³-hybridized carbons (Fsp3) is 0.0870. The highest BCUT2D eigenvalue weighted by Gasteiger charge is 2.26. The molecule has 2 aromatic carbocycles. The molecule has 1 amide bonds. The van der Waals surface area contributed by atoms with Crippen LogP contribution in [0.15, 0.2) is 87.8 Å². The Hall–Kier alpha value is -4.38. The van der Waals surface area contributed by atoms with Gasteiger partial charge in [0, 0.05) is 23.6 Å². The number of anilines is 1. The van der Waals surface area contributed by atoms with Crippen molar-refractivity contribution in [2.24, 2.45) is 15.7 Å². The molecule has 0 saturated carbocycles. The number of nitrogens with one attached hydrogen (secondary N) is 2. The molecular formula is C23H20N6O4S. The Kier molecular flexibility index (Phi) is 6.19. The summed E-state index contributed by atoms with van der Waals surface area (Å²) in [6, 6.07) is 18.7. The molecule has 4 N–H and O–H groups in total. The lowest BCUT2D eigenvalue weighted by atomic mass is 10.0. The zero-order valence-electron chi connectivity index (χ0n) is 18.0. The summed E-state index contributed by atoms with van der Waals surface area (Å²) < 4.78 is 28.4. The van der Waals surface area contributed by atoms with Crippen LogP contribution in [0.25, 0.3) is 0 Å². The van der Waals surface area contributed by atoms with Crippen LogP contribution in [0, 0.1) is 5.41 Å². The van der Waals surface area contributed by atoms with Crippen molar-refractivity contribution < 1.29 is 17.9 Å². The minimum Gasteiger partial charge on any atom is -0.405 e. The fourth-order valence-electron chi connectivity index (χ4n) is 3.20. The van der Waals surface area contributed by atoms with E-state index < -0.39 is 33.8 Å². The van der Waals surface area contributed by atoms with Crippen LogP contribution in [0.5, 0.6) is 0 Å². The molecule has 0 fully saturated rings. The molecule has 0 bridgehead atoms. The van der Waals surface area contributed by atoms with Crippen molar-refractivity contribution in [3.63, 3.8) is 0 Å². The number of amidine groups is 1. The molecule has 0 aliphatic carbocycles. The summed E-state index contributed by atoms with van der Waals surface area (Å²) >= 11 is 0. The third kappa shape index (κ3) is 4.99. The quantitative estimate of drug-likeness (QED) is 0.385. The Bertz CT molecular complexity index is 1420. The number of nitrogens with zero attached hydrogens (tertiary/aromatic N) is 3. The van der Waals surface area contributed by atoms with Gasteiger partial charge in [0.2, 0.25) is 12.1 Å². The maximum absolute atomic E-state index is 12.8. The van der Waals surface area contributed by atoms with Crippen molar-refractivity contribution in [3.8, 4) is 0 Å². The summed E-state index contributed by atoms with van der Waals surface area (Å²) in [5.74, 6) is -0.988. The minimum absolute atomic E-state index is 0.00293. The van der Waals surface area contributed by atoms with E-state index in [-0.39, 0.29) is 10.6 Å². The average molecular weight is 477 g/mol. The van der Waals surface area contributed by atoms with Crippen molar-refractivity contribution >= 4 is 39.1 Å². The number of ether oxygens (including phenoxy) is 1. The van der Waals surface area contributed by atoms with Gasteiger partial charge < -0.3 is 15.8 Å². The van der Waals surface area contributed by atoms with Gasteiger partial charge in [-0.2, -0.15) is 4.99 Å². The first kappa shape index (κ1) is 22.8. The molecule has 0 radical (unpaired) electrons. The number of benzene rings is 2. The van der Waals surface area contributed by atoms with Gasteiger partial charge >= 0.3 is 0 Å². The Morgan fingerprint density at radius 1 is 1.09 bits per heavy atom.